The van der Waals surface area contributed by atoms with Crippen molar-refractivity contribution in [2.24, 2.45) is 0 Å². The topological polar surface area (TPSA) is 63.7 Å². The van der Waals surface area contributed by atoms with E-state index in [2.05, 4.69) is 0 Å². The Hall–Kier alpha value is -2.38. The molecular formula is C21H21NO4S2. The summed E-state index contributed by atoms with van der Waals surface area (Å²) in [7, 11) is -3.27. The third-order valence-electron chi connectivity index (χ3n) is 5.04. The monoisotopic (exact) mass is 415 g/mol. The van der Waals surface area contributed by atoms with Gasteiger partial charge in [0.15, 0.2) is 16.4 Å². The Morgan fingerprint density at radius 2 is 1.89 bits per heavy atom. The highest BCUT2D eigenvalue weighted by molar-refractivity contribution is 7.91. The molecule has 1 fully saturated rings. The lowest BCUT2D eigenvalue weighted by Crippen LogP contribution is -2.37. The van der Waals surface area contributed by atoms with E-state index in [9.17, 15) is 13.2 Å². The van der Waals surface area contributed by atoms with E-state index in [1.807, 2.05) is 60.0 Å². The van der Waals surface area contributed by atoms with Crippen LogP contribution in [0.5, 0.6) is 5.75 Å². The van der Waals surface area contributed by atoms with Crippen molar-refractivity contribution in [1.82, 2.24) is 4.90 Å². The lowest BCUT2D eigenvalue weighted by Gasteiger charge is -2.20. The molecule has 0 N–H and O–H groups in total. The molecule has 0 spiro atoms. The quantitative estimate of drug-likeness (QED) is 0.652. The summed E-state index contributed by atoms with van der Waals surface area (Å²) < 4.78 is 30.9. The van der Waals surface area contributed by atoms with Crippen LogP contribution >= 0.6 is 11.3 Å². The van der Waals surface area contributed by atoms with Crippen LogP contribution in [0, 0.1) is 0 Å². The lowest BCUT2D eigenvalue weighted by molar-refractivity contribution is -0.133. The van der Waals surface area contributed by atoms with Gasteiger partial charge in [-0.2, -0.15) is 0 Å². The molecule has 0 bridgehead atoms. The van der Waals surface area contributed by atoms with Crippen molar-refractivity contribution in [3.05, 3.63) is 64.9 Å². The molecule has 4 rings (SSSR count). The van der Waals surface area contributed by atoms with Crippen molar-refractivity contribution in [3.63, 3.8) is 0 Å². The Bertz CT molecular complexity index is 1080. The molecule has 3 aromatic rings. The third-order valence-corrected chi connectivity index (χ3v) is 8.28. The number of thiophene rings is 1. The number of nitrogens with zero attached hydrogens (tertiary/aromatic N) is 1. The van der Waals surface area contributed by atoms with Gasteiger partial charge >= 0.3 is 0 Å². The van der Waals surface area contributed by atoms with E-state index in [0.717, 1.165) is 15.6 Å². The van der Waals surface area contributed by atoms with Gasteiger partial charge in [-0.3, -0.25) is 4.79 Å². The zero-order valence-corrected chi connectivity index (χ0v) is 16.9. The van der Waals surface area contributed by atoms with E-state index in [4.69, 9.17) is 4.74 Å². The largest absolute Gasteiger partial charge is 0.484 e. The van der Waals surface area contributed by atoms with Crippen molar-refractivity contribution in [2.45, 2.75) is 11.7 Å². The molecule has 1 saturated heterocycles. The first kappa shape index (κ1) is 19.0. The second-order valence-electron chi connectivity index (χ2n) is 6.84. The maximum Gasteiger partial charge on any atom is 0.260 e. The molecule has 1 unspecified atom stereocenters. The number of ether oxygens (including phenoxy) is 1. The highest BCUT2D eigenvalue weighted by Crippen LogP contribution is 2.32. The highest BCUT2D eigenvalue weighted by Gasteiger charge is 2.33. The molecule has 1 amide bonds. The predicted molar refractivity (Wildman–Crippen MR) is 111 cm³/mol. The minimum Gasteiger partial charge on any atom is -0.484 e. The highest BCUT2D eigenvalue weighted by atomic mass is 32.2. The zero-order valence-electron chi connectivity index (χ0n) is 15.3. The summed E-state index contributed by atoms with van der Waals surface area (Å²) in [6.45, 7) is 0.536. The fraction of sp³-hybridized carbons (Fsp3) is 0.286. The smallest absolute Gasteiger partial charge is 0.260 e. The van der Waals surface area contributed by atoms with E-state index in [1.54, 1.807) is 4.90 Å². The van der Waals surface area contributed by atoms with Gasteiger partial charge in [0.2, 0.25) is 0 Å². The predicted octanol–water partition coefficient (Wildman–Crippen LogP) is 3.67. The second kappa shape index (κ2) is 7.93. The Labute approximate surface area is 168 Å². The molecule has 1 aromatic heterocycles. The average Bonchev–Trinajstić information content (AvgIpc) is 3.17. The van der Waals surface area contributed by atoms with Gasteiger partial charge in [-0.1, -0.05) is 36.4 Å². The Kier molecular flexibility index (Phi) is 5.37. The molecule has 5 nitrogen and oxygen atoms in total. The molecule has 0 aliphatic carbocycles. The molecule has 7 heteroatoms. The number of amides is 1. The van der Waals surface area contributed by atoms with Crippen LogP contribution in [0.25, 0.3) is 10.8 Å². The summed E-state index contributed by atoms with van der Waals surface area (Å²) in [6.07, 6.45) is 0.421. The molecule has 28 heavy (non-hydrogen) atoms. The van der Waals surface area contributed by atoms with Crippen molar-refractivity contribution >= 4 is 37.9 Å². The average molecular weight is 416 g/mol. The summed E-state index contributed by atoms with van der Waals surface area (Å²) in [5, 5.41) is 3.52. The van der Waals surface area contributed by atoms with Crippen molar-refractivity contribution in [2.75, 3.05) is 25.4 Å². The Morgan fingerprint density at radius 1 is 1.07 bits per heavy atom. The van der Waals surface area contributed by atoms with Gasteiger partial charge < -0.3 is 9.64 Å². The van der Waals surface area contributed by atoms with Gasteiger partial charge in [0.1, 0.15) is 5.75 Å². The summed E-state index contributed by atoms with van der Waals surface area (Å²) >= 11 is 1.45. The normalized spacial score (nSPS) is 19.3. The van der Waals surface area contributed by atoms with Gasteiger partial charge in [-0.25, -0.2) is 8.42 Å². The summed E-state index contributed by atoms with van der Waals surface area (Å²) in [6, 6.07) is 17.4. The first-order chi connectivity index (χ1) is 13.5. The number of sulfone groups is 1. The first-order valence-corrected chi connectivity index (χ1v) is 11.8. The second-order valence-corrected chi connectivity index (χ2v) is 10.1. The van der Waals surface area contributed by atoms with Crippen molar-refractivity contribution in [3.8, 4) is 5.75 Å². The van der Waals surface area contributed by atoms with E-state index >= 15 is 0 Å². The van der Waals surface area contributed by atoms with E-state index in [-0.39, 0.29) is 24.8 Å². The van der Waals surface area contributed by atoms with Crippen LogP contribution in [0.3, 0.4) is 0 Å². The third kappa shape index (κ3) is 4.05. The fourth-order valence-corrected chi connectivity index (χ4v) is 6.48. The number of hydrogen-bond acceptors (Lipinski definition) is 5. The summed E-state index contributed by atoms with van der Waals surface area (Å²) in [5.74, 6) is 0.429. The number of carbonyl (C=O) groups excluding carboxylic acids is 1. The number of rotatable bonds is 4. The molecule has 0 radical (unpaired) electrons. The van der Waals surface area contributed by atoms with Gasteiger partial charge in [-0.05, 0) is 40.8 Å². The maximum atomic E-state index is 12.6. The number of hydrogen-bond donors (Lipinski definition) is 0. The molecular weight excluding hydrogens is 394 g/mol. The van der Waals surface area contributed by atoms with Gasteiger partial charge in [0.25, 0.3) is 5.91 Å². The van der Waals surface area contributed by atoms with E-state index in [0.29, 0.717) is 18.7 Å². The summed E-state index contributed by atoms with van der Waals surface area (Å²) in [4.78, 5) is 15.1. The van der Waals surface area contributed by atoms with Crippen LogP contribution in [0.2, 0.25) is 0 Å². The van der Waals surface area contributed by atoms with Crippen LogP contribution < -0.4 is 4.74 Å². The van der Waals surface area contributed by atoms with Crippen LogP contribution in [0.1, 0.15) is 16.5 Å². The van der Waals surface area contributed by atoms with Crippen LogP contribution in [0.15, 0.2) is 60.0 Å². The Balaban J connectivity index is 1.40. The molecule has 0 saturated carbocycles. The minimum absolute atomic E-state index is 0.0166. The molecule has 2 heterocycles. The first-order valence-electron chi connectivity index (χ1n) is 9.17. The van der Waals surface area contributed by atoms with Crippen LogP contribution in [0.4, 0.5) is 0 Å². The maximum absolute atomic E-state index is 12.6. The molecule has 1 aliphatic heterocycles. The van der Waals surface area contributed by atoms with Crippen LogP contribution in [-0.2, 0) is 14.6 Å². The molecule has 1 atom stereocenters. The van der Waals surface area contributed by atoms with Crippen molar-refractivity contribution < 1.29 is 17.9 Å². The van der Waals surface area contributed by atoms with E-state index in [1.165, 1.54) is 11.3 Å². The fourth-order valence-electron chi connectivity index (χ4n) is 3.48. The van der Waals surface area contributed by atoms with Gasteiger partial charge in [0.05, 0.1) is 11.0 Å². The van der Waals surface area contributed by atoms with Crippen molar-refractivity contribution in [1.29, 1.82) is 0 Å². The standard InChI is InChI=1S/C21H21NO4S2/c23-21(15-26-18-8-7-16-4-1-2-5-17(16)14-18)22-10-9-20(19-6-3-12-27-19)28(24,25)13-11-22/h1-8,12,14,20H,9-11,13,15H2. The van der Waals surface area contributed by atoms with Crippen LogP contribution in [-0.4, -0.2) is 44.7 Å². The number of benzene rings is 2. The molecule has 1 aliphatic rings. The zero-order chi connectivity index (χ0) is 19.6. The SMILES string of the molecule is O=C(COc1ccc2ccccc2c1)N1CCC(c2cccs2)S(=O)(=O)CC1. The Morgan fingerprint density at radius 3 is 2.68 bits per heavy atom. The number of fused-ring (bicyclic) bond motifs is 1. The lowest BCUT2D eigenvalue weighted by atomic mass is 10.1. The summed E-state index contributed by atoms with van der Waals surface area (Å²) in [5.41, 5.74) is 0. The molecule has 146 valence electrons. The minimum atomic E-state index is -3.27. The van der Waals surface area contributed by atoms with Gasteiger partial charge in [-0.15, -0.1) is 11.3 Å². The van der Waals surface area contributed by atoms with E-state index < -0.39 is 15.1 Å². The van der Waals surface area contributed by atoms with Gasteiger partial charge in [0, 0.05) is 18.0 Å². The number of carbonyl (C=O) groups is 1. The molecule has 2 aromatic carbocycles.